The van der Waals surface area contributed by atoms with Crippen molar-refractivity contribution in [3.8, 4) is 0 Å². The van der Waals surface area contributed by atoms with Gasteiger partial charge in [-0.2, -0.15) is 0 Å². The van der Waals surface area contributed by atoms with Gasteiger partial charge in [-0.25, -0.2) is 18.0 Å². The van der Waals surface area contributed by atoms with Crippen LogP contribution in [0.15, 0.2) is 47.4 Å². The number of carbonyl (C=O) groups excluding carboxylic acids is 3. The standard InChI is InChI=1S/C21H22ClN3O6S/c1-3-23-21(28)24-19(26)13(2)31-20(27)15-8-9-16(22)18(12-15)32(29,30)25-11-10-14-6-4-5-7-17(14)25/h4-9,12-13H,3,10-11H2,1-2H3,(H2,23,24,26,28)/t13-/m1/s1. The average molecular weight is 480 g/mol. The molecular weight excluding hydrogens is 458 g/mol. The Morgan fingerprint density at radius 2 is 1.91 bits per heavy atom. The van der Waals surface area contributed by atoms with E-state index in [4.69, 9.17) is 16.3 Å². The number of esters is 1. The minimum atomic E-state index is -4.04. The molecule has 0 unspecified atom stereocenters. The molecule has 32 heavy (non-hydrogen) atoms. The van der Waals surface area contributed by atoms with E-state index in [0.29, 0.717) is 18.7 Å². The summed E-state index contributed by atoms with van der Waals surface area (Å²) < 4.78 is 32.9. The van der Waals surface area contributed by atoms with E-state index in [1.807, 2.05) is 17.4 Å². The maximum Gasteiger partial charge on any atom is 0.338 e. The number of nitrogens with one attached hydrogen (secondary N) is 2. The van der Waals surface area contributed by atoms with Gasteiger partial charge in [0.25, 0.3) is 15.9 Å². The number of amides is 3. The number of carbonyl (C=O) groups is 3. The highest BCUT2D eigenvalue weighted by Gasteiger charge is 2.33. The molecule has 1 aliphatic heterocycles. The molecule has 11 heteroatoms. The fourth-order valence-electron chi connectivity index (χ4n) is 3.20. The lowest BCUT2D eigenvalue weighted by Gasteiger charge is -2.20. The minimum absolute atomic E-state index is 0.0482. The molecule has 0 radical (unpaired) electrons. The monoisotopic (exact) mass is 479 g/mol. The van der Waals surface area contributed by atoms with Gasteiger partial charge in [0.15, 0.2) is 6.10 Å². The maximum atomic E-state index is 13.3. The molecule has 0 spiro atoms. The lowest BCUT2D eigenvalue weighted by atomic mass is 10.2. The fraction of sp³-hybridized carbons (Fsp3) is 0.286. The second-order valence-corrected chi connectivity index (χ2v) is 9.24. The molecule has 2 N–H and O–H groups in total. The lowest BCUT2D eigenvalue weighted by Crippen LogP contribution is -2.44. The smallest absolute Gasteiger partial charge is 0.338 e. The third-order valence-corrected chi connectivity index (χ3v) is 7.10. The second-order valence-electron chi connectivity index (χ2n) is 7.00. The van der Waals surface area contributed by atoms with Crippen LogP contribution >= 0.6 is 11.6 Å². The Morgan fingerprint density at radius 3 is 2.62 bits per heavy atom. The van der Waals surface area contributed by atoms with Gasteiger partial charge in [-0.05, 0) is 50.1 Å². The number of para-hydroxylation sites is 1. The van der Waals surface area contributed by atoms with Crippen molar-refractivity contribution in [1.82, 2.24) is 10.6 Å². The van der Waals surface area contributed by atoms with Gasteiger partial charge < -0.3 is 10.1 Å². The highest BCUT2D eigenvalue weighted by atomic mass is 35.5. The molecular formula is C21H22ClN3O6S. The minimum Gasteiger partial charge on any atom is -0.449 e. The van der Waals surface area contributed by atoms with E-state index >= 15 is 0 Å². The van der Waals surface area contributed by atoms with Gasteiger partial charge in [-0.1, -0.05) is 29.8 Å². The van der Waals surface area contributed by atoms with Crippen LogP contribution in [0, 0.1) is 0 Å². The summed E-state index contributed by atoms with van der Waals surface area (Å²) in [6, 6.07) is 10.1. The zero-order chi connectivity index (χ0) is 23.5. The van der Waals surface area contributed by atoms with E-state index in [1.54, 1.807) is 19.1 Å². The summed E-state index contributed by atoms with van der Waals surface area (Å²) in [6.07, 6.45) is -0.723. The Bertz CT molecular complexity index is 1170. The highest BCUT2D eigenvalue weighted by Crippen LogP contribution is 2.35. The summed E-state index contributed by atoms with van der Waals surface area (Å²) in [5, 5.41) is 4.37. The second kappa shape index (κ2) is 9.58. The number of halogens is 1. The summed E-state index contributed by atoms with van der Waals surface area (Å²) in [5.74, 6) is -1.75. The maximum absolute atomic E-state index is 13.3. The first kappa shape index (κ1) is 23.6. The molecule has 0 aromatic heterocycles. The largest absolute Gasteiger partial charge is 0.449 e. The summed E-state index contributed by atoms with van der Waals surface area (Å²) in [6.45, 7) is 3.54. The number of nitrogens with zero attached hydrogens (tertiary/aromatic N) is 1. The number of fused-ring (bicyclic) bond motifs is 1. The van der Waals surface area contributed by atoms with E-state index in [0.717, 1.165) is 11.6 Å². The Kier molecular flexibility index (Phi) is 7.05. The highest BCUT2D eigenvalue weighted by molar-refractivity contribution is 7.93. The molecule has 3 amide bonds. The van der Waals surface area contributed by atoms with Crippen LogP contribution in [-0.4, -0.2) is 45.5 Å². The number of sulfonamides is 1. The fourth-order valence-corrected chi connectivity index (χ4v) is 5.21. The number of hydrogen-bond donors (Lipinski definition) is 2. The third kappa shape index (κ3) is 4.86. The topological polar surface area (TPSA) is 122 Å². The van der Waals surface area contributed by atoms with Crippen molar-refractivity contribution in [2.75, 3.05) is 17.4 Å². The van der Waals surface area contributed by atoms with Crippen LogP contribution in [0.2, 0.25) is 5.02 Å². The van der Waals surface area contributed by atoms with E-state index in [9.17, 15) is 22.8 Å². The Morgan fingerprint density at radius 1 is 1.19 bits per heavy atom. The number of rotatable bonds is 6. The van der Waals surface area contributed by atoms with Crippen molar-refractivity contribution < 1.29 is 27.5 Å². The number of anilines is 1. The first-order chi connectivity index (χ1) is 15.1. The molecule has 1 atom stereocenters. The first-order valence-electron chi connectivity index (χ1n) is 9.85. The van der Waals surface area contributed by atoms with Crippen LogP contribution in [-0.2, 0) is 26.0 Å². The Hall–Kier alpha value is -3.11. The van der Waals surface area contributed by atoms with Crippen LogP contribution in [0.3, 0.4) is 0 Å². The molecule has 0 aliphatic carbocycles. The molecule has 170 valence electrons. The summed E-state index contributed by atoms with van der Waals surface area (Å²) >= 11 is 6.17. The molecule has 9 nitrogen and oxygen atoms in total. The van der Waals surface area contributed by atoms with E-state index in [1.165, 1.54) is 23.4 Å². The van der Waals surface area contributed by atoms with Gasteiger partial charge in [0.05, 0.1) is 16.3 Å². The van der Waals surface area contributed by atoms with Gasteiger partial charge in [-0.3, -0.25) is 14.4 Å². The number of ether oxygens (including phenoxy) is 1. The van der Waals surface area contributed by atoms with Gasteiger partial charge in [0.2, 0.25) is 0 Å². The van der Waals surface area contributed by atoms with Gasteiger partial charge in [0, 0.05) is 13.1 Å². The molecule has 0 fully saturated rings. The van der Waals surface area contributed by atoms with Crippen LogP contribution in [0.25, 0.3) is 0 Å². The number of imide groups is 1. The molecule has 1 heterocycles. The van der Waals surface area contributed by atoms with Crippen molar-refractivity contribution in [3.63, 3.8) is 0 Å². The Labute approximate surface area is 190 Å². The summed E-state index contributed by atoms with van der Waals surface area (Å²) in [5.41, 5.74) is 1.36. The molecule has 0 saturated heterocycles. The van der Waals surface area contributed by atoms with E-state index in [-0.39, 0.29) is 22.0 Å². The van der Waals surface area contributed by atoms with Crippen molar-refractivity contribution in [3.05, 3.63) is 58.6 Å². The summed E-state index contributed by atoms with van der Waals surface area (Å²) in [4.78, 5) is 35.7. The van der Waals surface area contributed by atoms with Gasteiger partial charge >= 0.3 is 12.0 Å². The Balaban J connectivity index is 1.81. The van der Waals surface area contributed by atoms with E-state index in [2.05, 4.69) is 5.32 Å². The molecule has 3 rings (SSSR count). The molecule has 0 bridgehead atoms. The number of hydrogen-bond acceptors (Lipinski definition) is 6. The predicted molar refractivity (Wildman–Crippen MR) is 118 cm³/mol. The predicted octanol–water partition coefficient (Wildman–Crippen LogP) is 2.48. The molecule has 2 aromatic carbocycles. The van der Waals surface area contributed by atoms with Crippen LogP contribution in [0.5, 0.6) is 0 Å². The SMILES string of the molecule is CCNC(=O)NC(=O)[C@@H](C)OC(=O)c1ccc(Cl)c(S(=O)(=O)N2CCc3ccccc32)c1. The number of urea groups is 1. The first-order valence-corrected chi connectivity index (χ1v) is 11.7. The van der Waals surface area contributed by atoms with Crippen LogP contribution in [0.1, 0.15) is 29.8 Å². The van der Waals surface area contributed by atoms with Crippen molar-refractivity contribution >= 4 is 45.2 Å². The normalized spacial score (nSPS) is 13.8. The number of benzene rings is 2. The molecule has 0 saturated carbocycles. The van der Waals surface area contributed by atoms with Crippen molar-refractivity contribution in [2.24, 2.45) is 0 Å². The zero-order valence-corrected chi connectivity index (χ0v) is 19.0. The lowest BCUT2D eigenvalue weighted by molar-refractivity contribution is -0.127. The van der Waals surface area contributed by atoms with Crippen LogP contribution < -0.4 is 14.9 Å². The van der Waals surface area contributed by atoms with Gasteiger partial charge in [0.1, 0.15) is 4.90 Å². The zero-order valence-electron chi connectivity index (χ0n) is 17.4. The molecule has 1 aliphatic rings. The molecule has 2 aromatic rings. The average Bonchev–Trinajstić information content (AvgIpc) is 3.19. The van der Waals surface area contributed by atoms with Crippen molar-refractivity contribution in [2.45, 2.75) is 31.3 Å². The van der Waals surface area contributed by atoms with Crippen molar-refractivity contribution in [1.29, 1.82) is 0 Å². The van der Waals surface area contributed by atoms with Gasteiger partial charge in [-0.15, -0.1) is 0 Å². The quantitative estimate of drug-likeness (QED) is 0.614. The third-order valence-electron chi connectivity index (χ3n) is 4.81. The summed E-state index contributed by atoms with van der Waals surface area (Å²) in [7, 11) is -4.04. The van der Waals surface area contributed by atoms with Crippen LogP contribution in [0.4, 0.5) is 10.5 Å². The van der Waals surface area contributed by atoms with E-state index < -0.39 is 34.0 Å².